The first kappa shape index (κ1) is 21.1. The molecule has 0 fully saturated rings. The maximum atomic E-state index is 12.6. The average molecular weight is 426 g/mol. The highest BCUT2D eigenvalue weighted by Gasteiger charge is 2.15. The molecule has 0 radical (unpaired) electrons. The minimum Gasteiger partial charge on any atom is -0.339 e. The largest absolute Gasteiger partial charge is 0.339 e. The predicted octanol–water partition coefficient (Wildman–Crippen LogP) is 5.38. The normalized spacial score (nSPS) is 10.6. The van der Waals surface area contributed by atoms with Crippen LogP contribution in [0.1, 0.15) is 15.4 Å². The summed E-state index contributed by atoms with van der Waals surface area (Å²) in [5, 5.41) is 3.83. The van der Waals surface area contributed by atoms with E-state index in [4.69, 9.17) is 0 Å². The smallest absolute Gasteiger partial charge is 0.285 e. The van der Waals surface area contributed by atoms with Crippen LogP contribution in [0.4, 0.5) is 10.5 Å². The van der Waals surface area contributed by atoms with Gasteiger partial charge in [-0.3, -0.25) is 9.59 Å². The zero-order valence-corrected chi connectivity index (χ0v) is 18.5. The summed E-state index contributed by atoms with van der Waals surface area (Å²) in [5.74, 6) is -0.0909. The summed E-state index contributed by atoms with van der Waals surface area (Å²) in [4.78, 5) is 32.3. The topological polar surface area (TPSA) is 62.3 Å². The number of rotatable bonds is 5. The number of thioether (sulfide) groups is 1. The van der Waals surface area contributed by atoms with Gasteiger partial charge in [0.25, 0.3) is 5.24 Å². The number of nitrogens with zero attached hydrogens (tertiary/aromatic N) is 2. The number of carbonyl (C=O) groups excluding carboxylic acids is 2. The lowest BCUT2D eigenvalue weighted by Crippen LogP contribution is -2.16. The minimum absolute atomic E-state index is 0.0361. The Hall–Kier alpha value is -2.64. The third-order valence-corrected chi connectivity index (χ3v) is 6.18. The number of hydrogen-bond donors (Lipinski definition) is 1. The molecule has 2 amide bonds. The average Bonchev–Trinajstić information content (AvgIpc) is 3.03. The number of hydrogen-bond acceptors (Lipinski definition) is 5. The maximum Gasteiger partial charge on any atom is 0.285 e. The van der Waals surface area contributed by atoms with Crippen molar-refractivity contribution >= 4 is 39.9 Å². The van der Waals surface area contributed by atoms with E-state index in [0.717, 1.165) is 37.8 Å². The van der Waals surface area contributed by atoms with Crippen molar-refractivity contribution < 1.29 is 9.59 Å². The Morgan fingerprint density at radius 2 is 1.69 bits per heavy atom. The van der Waals surface area contributed by atoms with E-state index in [1.165, 1.54) is 10.5 Å². The second kappa shape index (κ2) is 9.24. The van der Waals surface area contributed by atoms with Crippen molar-refractivity contribution in [3.05, 3.63) is 64.0 Å². The molecule has 0 saturated heterocycles. The van der Waals surface area contributed by atoms with Gasteiger partial charge in [0.15, 0.2) is 0 Å². The number of nitrogens with one attached hydrogen (secondary N) is 1. The van der Waals surface area contributed by atoms with Gasteiger partial charge in [0.05, 0.1) is 17.1 Å². The third-order valence-electron chi connectivity index (χ3n) is 4.16. The van der Waals surface area contributed by atoms with E-state index < -0.39 is 0 Å². The Kier molecular flexibility index (Phi) is 6.71. The lowest BCUT2D eigenvalue weighted by molar-refractivity contribution is -0.115. The molecule has 1 aromatic heterocycles. The van der Waals surface area contributed by atoms with E-state index in [1.54, 1.807) is 25.4 Å². The van der Waals surface area contributed by atoms with Gasteiger partial charge in [-0.2, -0.15) is 0 Å². The molecule has 1 N–H and O–H groups in total. The summed E-state index contributed by atoms with van der Waals surface area (Å²) in [6.45, 7) is 4.00. The lowest BCUT2D eigenvalue weighted by atomic mass is 10.1. The summed E-state index contributed by atoms with van der Waals surface area (Å²) >= 11 is 2.70. The highest BCUT2D eigenvalue weighted by atomic mass is 32.2. The fraction of sp³-hybridized carbons (Fsp3) is 0.227. The SMILES string of the molecule is Cc1ccc(-c2nc(C)sc2CC(=O)Nc2ccc(SC(=O)N(C)C)cc2)cc1. The van der Waals surface area contributed by atoms with Crippen LogP contribution >= 0.6 is 23.1 Å². The molecule has 150 valence electrons. The van der Waals surface area contributed by atoms with Crippen molar-refractivity contribution in [2.45, 2.75) is 25.2 Å². The van der Waals surface area contributed by atoms with Crippen LogP contribution in [0.25, 0.3) is 11.3 Å². The molecule has 0 aliphatic rings. The number of aryl methyl sites for hydroxylation is 2. The Bertz CT molecular complexity index is 1010. The van der Waals surface area contributed by atoms with Gasteiger partial charge in [0, 0.05) is 35.1 Å². The van der Waals surface area contributed by atoms with Crippen LogP contribution < -0.4 is 5.32 Å². The number of aromatic nitrogens is 1. The first-order valence-corrected chi connectivity index (χ1v) is 10.8. The van der Waals surface area contributed by atoms with E-state index in [-0.39, 0.29) is 17.6 Å². The number of thiazole rings is 1. The van der Waals surface area contributed by atoms with Crippen LogP contribution in [0.3, 0.4) is 0 Å². The molecule has 5 nitrogen and oxygen atoms in total. The molecule has 0 bridgehead atoms. The van der Waals surface area contributed by atoms with Crippen molar-refractivity contribution in [3.8, 4) is 11.3 Å². The van der Waals surface area contributed by atoms with Crippen LogP contribution in [-0.2, 0) is 11.2 Å². The molecular formula is C22H23N3O2S2. The van der Waals surface area contributed by atoms with Crippen LogP contribution in [0, 0.1) is 13.8 Å². The Morgan fingerprint density at radius 3 is 2.31 bits per heavy atom. The molecule has 0 aliphatic heterocycles. The zero-order chi connectivity index (χ0) is 21.0. The molecule has 7 heteroatoms. The predicted molar refractivity (Wildman–Crippen MR) is 121 cm³/mol. The number of carbonyl (C=O) groups is 2. The van der Waals surface area contributed by atoms with Crippen LogP contribution in [0.2, 0.25) is 0 Å². The number of benzene rings is 2. The van der Waals surface area contributed by atoms with Gasteiger partial charge in [-0.1, -0.05) is 29.8 Å². The monoisotopic (exact) mass is 425 g/mol. The van der Waals surface area contributed by atoms with Gasteiger partial charge in [0.1, 0.15) is 0 Å². The molecule has 3 rings (SSSR count). The van der Waals surface area contributed by atoms with Gasteiger partial charge < -0.3 is 10.2 Å². The Balaban J connectivity index is 1.67. The lowest BCUT2D eigenvalue weighted by Gasteiger charge is -2.10. The summed E-state index contributed by atoms with van der Waals surface area (Å²) in [6, 6.07) is 15.5. The van der Waals surface area contributed by atoms with Crippen LogP contribution in [-0.4, -0.2) is 35.1 Å². The molecule has 0 spiro atoms. The molecule has 0 atom stereocenters. The molecule has 3 aromatic rings. The summed E-state index contributed by atoms with van der Waals surface area (Å²) < 4.78 is 0. The fourth-order valence-corrected chi connectivity index (χ4v) is 4.29. The summed E-state index contributed by atoms with van der Waals surface area (Å²) in [5.41, 5.74) is 3.79. The van der Waals surface area contributed by atoms with E-state index in [1.807, 2.05) is 50.2 Å². The van der Waals surface area contributed by atoms with Crippen molar-refractivity contribution in [2.75, 3.05) is 19.4 Å². The molecule has 0 saturated carbocycles. The van der Waals surface area contributed by atoms with Crippen LogP contribution in [0.15, 0.2) is 53.4 Å². The molecule has 1 heterocycles. The van der Waals surface area contributed by atoms with E-state index in [9.17, 15) is 9.59 Å². The highest BCUT2D eigenvalue weighted by Crippen LogP contribution is 2.29. The second-order valence-electron chi connectivity index (χ2n) is 6.88. The van der Waals surface area contributed by atoms with Crippen LogP contribution in [0.5, 0.6) is 0 Å². The third kappa shape index (κ3) is 5.68. The molecule has 0 unspecified atom stereocenters. The van der Waals surface area contributed by atoms with Crippen molar-refractivity contribution in [2.24, 2.45) is 0 Å². The van der Waals surface area contributed by atoms with Gasteiger partial charge in [-0.15, -0.1) is 11.3 Å². The van der Waals surface area contributed by atoms with Crippen molar-refractivity contribution in [3.63, 3.8) is 0 Å². The van der Waals surface area contributed by atoms with Gasteiger partial charge >= 0.3 is 0 Å². The van der Waals surface area contributed by atoms with E-state index >= 15 is 0 Å². The summed E-state index contributed by atoms with van der Waals surface area (Å²) in [7, 11) is 3.44. The fourth-order valence-electron chi connectivity index (χ4n) is 2.68. The van der Waals surface area contributed by atoms with Gasteiger partial charge in [-0.05, 0) is 49.9 Å². The highest BCUT2D eigenvalue weighted by molar-refractivity contribution is 8.13. The second-order valence-corrected chi connectivity index (χ2v) is 9.19. The quantitative estimate of drug-likeness (QED) is 0.557. The zero-order valence-electron chi connectivity index (χ0n) is 16.9. The minimum atomic E-state index is -0.0909. The first-order chi connectivity index (χ1) is 13.8. The standard InChI is InChI=1S/C22H23N3O2S2/c1-14-5-7-16(8-6-14)21-19(28-15(2)23-21)13-20(26)24-17-9-11-18(12-10-17)29-22(27)25(3)4/h5-12H,13H2,1-4H3,(H,24,26). The van der Waals surface area contributed by atoms with E-state index in [0.29, 0.717) is 5.69 Å². The van der Waals surface area contributed by atoms with Crippen molar-refractivity contribution in [1.29, 1.82) is 0 Å². The number of anilines is 1. The maximum absolute atomic E-state index is 12.6. The van der Waals surface area contributed by atoms with Crippen molar-refractivity contribution in [1.82, 2.24) is 9.88 Å². The van der Waals surface area contributed by atoms with E-state index in [2.05, 4.69) is 22.4 Å². The van der Waals surface area contributed by atoms with Gasteiger partial charge in [-0.25, -0.2) is 4.98 Å². The molecule has 29 heavy (non-hydrogen) atoms. The summed E-state index contributed by atoms with van der Waals surface area (Å²) in [6.07, 6.45) is 0.268. The molecule has 0 aliphatic carbocycles. The van der Waals surface area contributed by atoms with Gasteiger partial charge in [0.2, 0.25) is 5.91 Å². The Morgan fingerprint density at radius 1 is 1.03 bits per heavy atom. The Labute approximate surface area is 179 Å². The number of amides is 2. The first-order valence-electron chi connectivity index (χ1n) is 9.14. The molecular weight excluding hydrogens is 402 g/mol. The molecule has 2 aromatic carbocycles.